The highest BCUT2D eigenvalue weighted by molar-refractivity contribution is 8.00. The van der Waals surface area contributed by atoms with Gasteiger partial charge in [0.15, 0.2) is 0 Å². The molecule has 1 aliphatic rings. The van der Waals surface area contributed by atoms with Crippen molar-refractivity contribution in [1.29, 1.82) is 0 Å². The molecule has 21 heavy (non-hydrogen) atoms. The fraction of sp³-hybridized carbons (Fsp3) is 0.500. The van der Waals surface area contributed by atoms with Gasteiger partial charge in [-0.15, -0.1) is 0 Å². The van der Waals surface area contributed by atoms with E-state index in [1.807, 2.05) is 11.8 Å². The lowest BCUT2D eigenvalue weighted by molar-refractivity contribution is -0.137. The molecule has 0 aromatic heterocycles. The molecular formula is C14H17F3N2S2. The van der Waals surface area contributed by atoms with Crippen LogP contribution in [-0.2, 0) is 6.18 Å². The Morgan fingerprint density at radius 3 is 2.76 bits per heavy atom. The third-order valence-corrected chi connectivity index (χ3v) is 5.12. The average molecular weight is 334 g/mol. The van der Waals surface area contributed by atoms with E-state index < -0.39 is 11.7 Å². The number of thiocarbonyl (C=S) groups is 1. The Hall–Kier alpha value is -0.950. The number of hydrogen-bond acceptors (Lipinski definition) is 3. The van der Waals surface area contributed by atoms with Crippen LogP contribution in [0, 0.1) is 0 Å². The van der Waals surface area contributed by atoms with Crippen molar-refractivity contribution in [2.24, 2.45) is 5.73 Å². The summed E-state index contributed by atoms with van der Waals surface area (Å²) in [4.78, 5) is 2.08. The predicted octanol–water partition coefficient (Wildman–Crippen LogP) is 3.67. The van der Waals surface area contributed by atoms with Crippen LogP contribution in [0.3, 0.4) is 0 Å². The van der Waals surface area contributed by atoms with Gasteiger partial charge in [-0.1, -0.05) is 19.1 Å². The highest BCUT2D eigenvalue weighted by Crippen LogP contribution is 2.34. The van der Waals surface area contributed by atoms with Gasteiger partial charge in [0.25, 0.3) is 0 Å². The number of hydrogen-bond donors (Lipinski definition) is 1. The van der Waals surface area contributed by atoms with Crippen LogP contribution in [0.25, 0.3) is 0 Å². The second-order valence-electron chi connectivity index (χ2n) is 4.94. The first-order chi connectivity index (χ1) is 9.82. The fourth-order valence-corrected chi connectivity index (χ4v) is 3.71. The Labute approximate surface area is 131 Å². The van der Waals surface area contributed by atoms with Crippen LogP contribution in [0.5, 0.6) is 0 Å². The van der Waals surface area contributed by atoms with E-state index in [9.17, 15) is 13.2 Å². The normalized spacial score (nSPS) is 19.6. The summed E-state index contributed by atoms with van der Waals surface area (Å²) in [6.07, 6.45) is -3.36. The molecule has 116 valence electrons. The monoisotopic (exact) mass is 334 g/mol. The lowest BCUT2D eigenvalue weighted by Gasteiger charge is -2.35. The summed E-state index contributed by atoms with van der Waals surface area (Å²) in [7, 11) is 0. The van der Waals surface area contributed by atoms with Crippen molar-refractivity contribution in [2.75, 3.05) is 23.7 Å². The number of alkyl halides is 3. The standard InChI is InChI=1S/C14H17F3N2S2/c1-2-10-8-19(5-6-21-10)12-4-3-9(14(15,16)17)7-11(12)13(18)20/h3-4,7,10H,2,5-6,8H2,1H3,(H2,18,20). The predicted molar refractivity (Wildman–Crippen MR) is 86.1 cm³/mol. The molecule has 1 aromatic carbocycles. The molecule has 1 unspecified atom stereocenters. The summed E-state index contributed by atoms with van der Waals surface area (Å²) in [5.41, 5.74) is 5.93. The molecule has 0 spiro atoms. The number of benzene rings is 1. The molecule has 2 rings (SSSR count). The molecule has 1 saturated heterocycles. The van der Waals surface area contributed by atoms with Crippen molar-refractivity contribution in [2.45, 2.75) is 24.8 Å². The largest absolute Gasteiger partial charge is 0.416 e. The maximum absolute atomic E-state index is 12.8. The topological polar surface area (TPSA) is 29.3 Å². The molecule has 1 aliphatic heterocycles. The minimum atomic E-state index is -4.39. The lowest BCUT2D eigenvalue weighted by atomic mass is 10.1. The van der Waals surface area contributed by atoms with Crippen LogP contribution >= 0.6 is 24.0 Å². The molecule has 0 radical (unpaired) electrons. The van der Waals surface area contributed by atoms with E-state index in [0.717, 1.165) is 37.4 Å². The molecule has 1 atom stereocenters. The van der Waals surface area contributed by atoms with Crippen LogP contribution in [-0.4, -0.2) is 29.1 Å². The number of halogens is 3. The van der Waals surface area contributed by atoms with E-state index in [-0.39, 0.29) is 4.99 Å². The summed E-state index contributed by atoms with van der Waals surface area (Å²) < 4.78 is 38.5. The van der Waals surface area contributed by atoms with Crippen LogP contribution in [0.15, 0.2) is 18.2 Å². The SMILES string of the molecule is CCC1CN(c2ccc(C(F)(F)F)cc2C(N)=S)CCS1. The van der Waals surface area contributed by atoms with Crippen molar-refractivity contribution in [3.63, 3.8) is 0 Å². The highest BCUT2D eigenvalue weighted by Gasteiger charge is 2.32. The van der Waals surface area contributed by atoms with Crippen molar-refractivity contribution in [3.05, 3.63) is 29.3 Å². The van der Waals surface area contributed by atoms with Gasteiger partial charge in [-0.3, -0.25) is 0 Å². The number of nitrogens with two attached hydrogens (primary N) is 1. The van der Waals surface area contributed by atoms with Gasteiger partial charge in [0.05, 0.1) is 5.56 Å². The molecule has 0 bridgehead atoms. The van der Waals surface area contributed by atoms with Crippen molar-refractivity contribution < 1.29 is 13.2 Å². The Morgan fingerprint density at radius 2 is 2.19 bits per heavy atom. The zero-order valence-electron chi connectivity index (χ0n) is 11.6. The molecule has 0 aliphatic carbocycles. The molecule has 1 aromatic rings. The first-order valence-corrected chi connectivity index (χ1v) is 8.16. The Bertz CT molecular complexity index is 531. The molecule has 2 N–H and O–H groups in total. The van der Waals surface area contributed by atoms with Gasteiger partial charge in [0, 0.05) is 35.3 Å². The van der Waals surface area contributed by atoms with Crippen LogP contribution in [0.1, 0.15) is 24.5 Å². The zero-order valence-corrected chi connectivity index (χ0v) is 13.2. The second-order valence-corrected chi connectivity index (χ2v) is 6.79. The molecule has 1 fully saturated rings. The Kier molecular flexibility index (Phi) is 5.03. The van der Waals surface area contributed by atoms with E-state index in [1.165, 1.54) is 6.07 Å². The summed E-state index contributed by atoms with van der Waals surface area (Å²) in [6, 6.07) is 3.64. The lowest BCUT2D eigenvalue weighted by Crippen LogP contribution is -2.38. The third-order valence-electron chi connectivity index (χ3n) is 3.52. The summed E-state index contributed by atoms with van der Waals surface area (Å²) in [5, 5.41) is 0.486. The summed E-state index contributed by atoms with van der Waals surface area (Å²) in [6.45, 7) is 3.71. The van der Waals surface area contributed by atoms with Crippen molar-refractivity contribution in [1.82, 2.24) is 0 Å². The number of rotatable bonds is 3. The molecule has 2 nitrogen and oxygen atoms in total. The number of nitrogens with zero attached hydrogens (tertiary/aromatic N) is 1. The minimum Gasteiger partial charge on any atom is -0.389 e. The number of thioether (sulfide) groups is 1. The van der Waals surface area contributed by atoms with E-state index in [2.05, 4.69) is 11.8 Å². The minimum absolute atomic E-state index is 0.00220. The van der Waals surface area contributed by atoms with E-state index in [1.54, 1.807) is 0 Å². The van der Waals surface area contributed by atoms with Crippen LogP contribution < -0.4 is 10.6 Å². The van der Waals surface area contributed by atoms with E-state index >= 15 is 0 Å². The molecule has 0 amide bonds. The van der Waals surface area contributed by atoms with Gasteiger partial charge in [0.1, 0.15) is 4.99 Å². The Morgan fingerprint density at radius 1 is 1.48 bits per heavy atom. The number of anilines is 1. The highest BCUT2D eigenvalue weighted by atomic mass is 32.2. The van der Waals surface area contributed by atoms with Gasteiger partial charge >= 0.3 is 6.18 Å². The van der Waals surface area contributed by atoms with Gasteiger partial charge in [0.2, 0.25) is 0 Å². The van der Waals surface area contributed by atoms with Crippen LogP contribution in [0.2, 0.25) is 0 Å². The van der Waals surface area contributed by atoms with E-state index in [0.29, 0.717) is 16.5 Å². The first-order valence-electron chi connectivity index (χ1n) is 6.70. The fourth-order valence-electron chi connectivity index (χ4n) is 2.37. The third kappa shape index (κ3) is 3.83. The summed E-state index contributed by atoms with van der Waals surface area (Å²) >= 11 is 6.84. The average Bonchev–Trinajstić information content (AvgIpc) is 2.45. The quantitative estimate of drug-likeness (QED) is 0.854. The zero-order chi connectivity index (χ0) is 15.6. The summed E-state index contributed by atoms with van der Waals surface area (Å²) in [5.74, 6) is 0.955. The molecule has 1 heterocycles. The Balaban J connectivity index is 2.37. The van der Waals surface area contributed by atoms with Crippen molar-refractivity contribution in [3.8, 4) is 0 Å². The van der Waals surface area contributed by atoms with Crippen LogP contribution in [0.4, 0.5) is 18.9 Å². The van der Waals surface area contributed by atoms with Gasteiger partial charge in [-0.2, -0.15) is 24.9 Å². The molecular weight excluding hydrogens is 317 g/mol. The van der Waals surface area contributed by atoms with Gasteiger partial charge < -0.3 is 10.6 Å². The van der Waals surface area contributed by atoms with Gasteiger partial charge in [-0.05, 0) is 24.6 Å². The van der Waals surface area contributed by atoms with E-state index in [4.69, 9.17) is 18.0 Å². The molecule has 0 saturated carbocycles. The van der Waals surface area contributed by atoms with Gasteiger partial charge in [-0.25, -0.2) is 0 Å². The smallest absolute Gasteiger partial charge is 0.389 e. The maximum atomic E-state index is 12.8. The van der Waals surface area contributed by atoms with Crippen molar-refractivity contribution >= 4 is 34.7 Å². The molecule has 7 heteroatoms. The maximum Gasteiger partial charge on any atom is 0.416 e. The second kappa shape index (κ2) is 6.44. The first kappa shape index (κ1) is 16.4.